The Hall–Kier alpha value is -2.73. The Labute approximate surface area is 157 Å². The van der Waals surface area contributed by atoms with Gasteiger partial charge in [0.1, 0.15) is 5.75 Å². The van der Waals surface area contributed by atoms with Gasteiger partial charge in [-0.2, -0.15) is 0 Å². The van der Waals surface area contributed by atoms with E-state index in [-0.39, 0.29) is 5.91 Å². The first-order valence-corrected chi connectivity index (χ1v) is 9.28. The minimum absolute atomic E-state index is 0.0267. The number of thioether (sulfide) groups is 1. The van der Waals surface area contributed by atoms with Crippen molar-refractivity contribution in [2.45, 2.75) is 18.6 Å². The minimum atomic E-state index is -0.0267. The fourth-order valence-corrected chi connectivity index (χ4v) is 3.26. The molecule has 0 saturated carbocycles. The number of aromatic amines is 1. The Morgan fingerprint density at radius 1 is 1.15 bits per heavy atom. The maximum atomic E-state index is 12.1. The summed E-state index contributed by atoms with van der Waals surface area (Å²) in [5.41, 5.74) is 4.02. The third-order valence-electron chi connectivity index (χ3n) is 3.90. The van der Waals surface area contributed by atoms with Gasteiger partial charge in [-0.25, -0.2) is 4.98 Å². The van der Waals surface area contributed by atoms with Gasteiger partial charge < -0.3 is 15.0 Å². The molecule has 0 radical (unpaired) electrons. The van der Waals surface area contributed by atoms with Crippen LogP contribution in [-0.2, 0) is 11.3 Å². The number of hydrogen-bond acceptors (Lipinski definition) is 4. The second kappa shape index (κ2) is 8.58. The van der Waals surface area contributed by atoms with Crippen LogP contribution in [0.3, 0.4) is 0 Å². The number of aromatic nitrogens is 2. The Balaban J connectivity index is 1.51. The number of carbonyl (C=O) groups excluding carboxylic acids is 1. The summed E-state index contributed by atoms with van der Waals surface area (Å²) in [6, 6.07) is 17.7. The van der Waals surface area contributed by atoms with Crippen molar-refractivity contribution >= 4 is 17.7 Å². The number of carbonyl (C=O) groups is 1. The predicted molar refractivity (Wildman–Crippen MR) is 104 cm³/mol. The Bertz CT molecular complexity index is 861. The van der Waals surface area contributed by atoms with Crippen LogP contribution in [0.15, 0.2) is 59.8 Å². The predicted octanol–water partition coefficient (Wildman–Crippen LogP) is 3.80. The van der Waals surface area contributed by atoms with E-state index in [1.165, 1.54) is 11.8 Å². The van der Waals surface area contributed by atoms with Crippen LogP contribution in [0.2, 0.25) is 0 Å². The molecule has 1 aromatic heterocycles. The maximum absolute atomic E-state index is 12.1. The molecule has 0 unspecified atom stereocenters. The largest absolute Gasteiger partial charge is 0.497 e. The third kappa shape index (κ3) is 4.67. The molecule has 0 fully saturated rings. The normalized spacial score (nSPS) is 10.5. The maximum Gasteiger partial charge on any atom is 0.230 e. The molecule has 0 saturated heterocycles. The van der Waals surface area contributed by atoms with Crippen molar-refractivity contribution in [3.8, 4) is 17.0 Å². The molecule has 2 N–H and O–H groups in total. The topological polar surface area (TPSA) is 67.0 Å². The summed E-state index contributed by atoms with van der Waals surface area (Å²) >= 11 is 1.40. The molecule has 6 heteroatoms. The van der Waals surface area contributed by atoms with E-state index >= 15 is 0 Å². The summed E-state index contributed by atoms with van der Waals surface area (Å²) in [6.45, 7) is 2.49. The average Bonchev–Trinajstić information content (AvgIpc) is 3.06. The van der Waals surface area contributed by atoms with E-state index < -0.39 is 0 Å². The molecule has 1 amide bonds. The molecule has 5 nitrogen and oxygen atoms in total. The Morgan fingerprint density at radius 2 is 1.88 bits per heavy atom. The van der Waals surface area contributed by atoms with Crippen molar-refractivity contribution in [1.82, 2.24) is 15.3 Å². The molecule has 0 atom stereocenters. The number of ether oxygens (including phenoxy) is 1. The lowest BCUT2D eigenvalue weighted by Crippen LogP contribution is -2.24. The molecule has 26 heavy (non-hydrogen) atoms. The fraction of sp³-hybridized carbons (Fsp3) is 0.200. The second-order valence-corrected chi connectivity index (χ2v) is 6.76. The molecule has 0 aliphatic rings. The minimum Gasteiger partial charge on any atom is -0.497 e. The molecule has 0 bridgehead atoms. The van der Waals surface area contributed by atoms with Crippen molar-refractivity contribution in [3.63, 3.8) is 0 Å². The van der Waals surface area contributed by atoms with Crippen LogP contribution in [0.1, 0.15) is 11.3 Å². The van der Waals surface area contributed by atoms with Gasteiger partial charge in [0.15, 0.2) is 5.16 Å². The van der Waals surface area contributed by atoms with Gasteiger partial charge in [-0.1, -0.05) is 54.2 Å². The van der Waals surface area contributed by atoms with Gasteiger partial charge >= 0.3 is 0 Å². The highest BCUT2D eigenvalue weighted by atomic mass is 32.2. The van der Waals surface area contributed by atoms with E-state index in [2.05, 4.69) is 15.3 Å². The van der Waals surface area contributed by atoms with Crippen molar-refractivity contribution in [3.05, 3.63) is 65.9 Å². The van der Waals surface area contributed by atoms with Crippen LogP contribution in [0.4, 0.5) is 0 Å². The zero-order chi connectivity index (χ0) is 18.4. The van der Waals surface area contributed by atoms with Gasteiger partial charge in [-0.15, -0.1) is 0 Å². The van der Waals surface area contributed by atoms with E-state index in [4.69, 9.17) is 4.74 Å². The highest BCUT2D eigenvalue weighted by Gasteiger charge is 2.11. The van der Waals surface area contributed by atoms with Gasteiger partial charge in [0.2, 0.25) is 5.91 Å². The number of methoxy groups -OCH3 is 1. The van der Waals surface area contributed by atoms with Crippen LogP contribution in [0.5, 0.6) is 5.75 Å². The summed E-state index contributed by atoms with van der Waals surface area (Å²) in [4.78, 5) is 19.9. The van der Waals surface area contributed by atoms with E-state index in [9.17, 15) is 4.79 Å². The summed E-state index contributed by atoms with van der Waals surface area (Å²) in [7, 11) is 1.63. The molecular weight excluding hydrogens is 346 g/mol. The summed E-state index contributed by atoms with van der Waals surface area (Å²) < 4.78 is 5.12. The van der Waals surface area contributed by atoms with Crippen molar-refractivity contribution in [1.29, 1.82) is 0 Å². The Morgan fingerprint density at radius 3 is 2.58 bits per heavy atom. The van der Waals surface area contributed by atoms with Gasteiger partial charge in [0.05, 0.1) is 18.6 Å². The number of amides is 1. The highest BCUT2D eigenvalue weighted by Crippen LogP contribution is 2.24. The lowest BCUT2D eigenvalue weighted by Gasteiger charge is -2.05. The van der Waals surface area contributed by atoms with Gasteiger partial charge in [0.25, 0.3) is 0 Å². The van der Waals surface area contributed by atoms with Crippen molar-refractivity contribution < 1.29 is 9.53 Å². The molecule has 2 aromatic carbocycles. The quantitative estimate of drug-likeness (QED) is 0.623. The highest BCUT2D eigenvalue weighted by molar-refractivity contribution is 7.99. The SMILES string of the molecule is COc1ccc(CNC(=O)CSc2nc(-c3ccccc3)c(C)[nH]2)cc1. The first-order chi connectivity index (χ1) is 12.7. The molecule has 0 aliphatic heterocycles. The van der Waals surface area contributed by atoms with Crippen molar-refractivity contribution in [2.75, 3.05) is 12.9 Å². The number of aryl methyl sites for hydroxylation is 1. The van der Waals surface area contributed by atoms with E-state index in [0.29, 0.717) is 12.3 Å². The van der Waals surface area contributed by atoms with Crippen LogP contribution < -0.4 is 10.1 Å². The van der Waals surface area contributed by atoms with E-state index in [0.717, 1.165) is 33.4 Å². The van der Waals surface area contributed by atoms with E-state index in [1.54, 1.807) is 7.11 Å². The van der Waals surface area contributed by atoms with Crippen molar-refractivity contribution in [2.24, 2.45) is 0 Å². The number of nitrogens with one attached hydrogen (secondary N) is 2. The molecule has 3 rings (SSSR count). The number of benzene rings is 2. The summed E-state index contributed by atoms with van der Waals surface area (Å²) in [5.74, 6) is 1.09. The van der Waals surface area contributed by atoms with Crippen LogP contribution >= 0.6 is 11.8 Å². The van der Waals surface area contributed by atoms with Crippen LogP contribution in [0.25, 0.3) is 11.3 Å². The molecule has 134 valence electrons. The molecule has 0 aliphatic carbocycles. The van der Waals surface area contributed by atoms with Crippen LogP contribution in [-0.4, -0.2) is 28.7 Å². The fourth-order valence-electron chi connectivity index (χ4n) is 2.51. The molecule has 0 spiro atoms. The lowest BCUT2D eigenvalue weighted by atomic mass is 10.1. The zero-order valence-electron chi connectivity index (χ0n) is 14.8. The van der Waals surface area contributed by atoms with Crippen LogP contribution in [0, 0.1) is 6.92 Å². The van der Waals surface area contributed by atoms with Gasteiger partial charge in [-0.05, 0) is 24.6 Å². The standard InChI is InChI=1S/C20H21N3O2S/c1-14-19(16-6-4-3-5-7-16)23-20(22-14)26-13-18(24)21-12-15-8-10-17(25-2)11-9-15/h3-11H,12-13H2,1-2H3,(H,21,24)(H,22,23). The number of imidazole rings is 1. The average molecular weight is 367 g/mol. The zero-order valence-corrected chi connectivity index (χ0v) is 15.6. The lowest BCUT2D eigenvalue weighted by molar-refractivity contribution is -0.118. The third-order valence-corrected chi connectivity index (χ3v) is 4.77. The Kier molecular flexibility index (Phi) is 5.96. The number of rotatable bonds is 7. The van der Waals surface area contributed by atoms with Gasteiger partial charge in [-0.3, -0.25) is 4.79 Å². The summed E-state index contributed by atoms with van der Waals surface area (Å²) in [5, 5.41) is 3.67. The monoisotopic (exact) mass is 367 g/mol. The number of nitrogens with zero attached hydrogens (tertiary/aromatic N) is 1. The summed E-state index contributed by atoms with van der Waals surface area (Å²) in [6.07, 6.45) is 0. The molecule has 3 aromatic rings. The molecular formula is C20H21N3O2S. The number of hydrogen-bond donors (Lipinski definition) is 2. The number of H-pyrrole nitrogens is 1. The molecule has 1 heterocycles. The first-order valence-electron chi connectivity index (χ1n) is 8.30. The van der Waals surface area contributed by atoms with E-state index in [1.807, 2.05) is 61.5 Å². The van der Waals surface area contributed by atoms with Gasteiger partial charge in [0, 0.05) is 17.8 Å². The smallest absolute Gasteiger partial charge is 0.230 e. The second-order valence-electron chi connectivity index (χ2n) is 5.80. The first kappa shape index (κ1) is 18.1.